The number of hydrogen-bond donors (Lipinski definition) is 2. The third kappa shape index (κ3) is 3.05. The lowest BCUT2D eigenvalue weighted by Gasteiger charge is -2.09. The predicted molar refractivity (Wildman–Crippen MR) is 103 cm³/mol. The van der Waals surface area contributed by atoms with E-state index in [2.05, 4.69) is 20.3 Å². The quantitative estimate of drug-likeness (QED) is 0.548. The summed E-state index contributed by atoms with van der Waals surface area (Å²) in [5, 5.41) is 3.27. The molecule has 2 aromatic carbocycles. The zero-order valence-corrected chi connectivity index (χ0v) is 14.7. The number of aromatic nitrogens is 3. The summed E-state index contributed by atoms with van der Waals surface area (Å²) < 4.78 is 0. The van der Waals surface area contributed by atoms with Crippen LogP contribution in [0.4, 0.5) is 5.69 Å². The van der Waals surface area contributed by atoms with Gasteiger partial charge in [0.05, 0.1) is 28.0 Å². The molecule has 4 rings (SSSR count). The molecule has 0 bridgehead atoms. The van der Waals surface area contributed by atoms with Crippen molar-refractivity contribution < 1.29 is 4.79 Å². The van der Waals surface area contributed by atoms with E-state index in [0.29, 0.717) is 21.9 Å². The first-order chi connectivity index (χ1) is 12.6. The van der Waals surface area contributed by atoms with Crippen LogP contribution in [0.15, 0.2) is 60.8 Å². The number of halogens is 1. The largest absolute Gasteiger partial charge is 0.337 e. The van der Waals surface area contributed by atoms with Gasteiger partial charge in [-0.2, -0.15) is 0 Å². The number of fused-ring (bicyclic) bond motifs is 1. The fourth-order valence-electron chi connectivity index (χ4n) is 2.81. The van der Waals surface area contributed by atoms with Crippen LogP contribution in [0.25, 0.3) is 22.6 Å². The molecular formula is C20H15ClN4O. The van der Waals surface area contributed by atoms with Gasteiger partial charge in [-0.15, -0.1) is 0 Å². The summed E-state index contributed by atoms with van der Waals surface area (Å²) >= 11 is 6.16. The maximum atomic E-state index is 12.6. The van der Waals surface area contributed by atoms with Crippen LogP contribution in [0, 0.1) is 6.92 Å². The zero-order valence-electron chi connectivity index (χ0n) is 14.0. The normalized spacial score (nSPS) is 10.8. The number of benzene rings is 2. The van der Waals surface area contributed by atoms with Crippen molar-refractivity contribution in [1.82, 2.24) is 15.0 Å². The van der Waals surface area contributed by atoms with E-state index >= 15 is 0 Å². The first kappa shape index (κ1) is 16.3. The molecule has 0 aliphatic rings. The summed E-state index contributed by atoms with van der Waals surface area (Å²) in [5.74, 6) is 0.468. The molecule has 0 saturated carbocycles. The lowest BCUT2D eigenvalue weighted by Crippen LogP contribution is -2.14. The van der Waals surface area contributed by atoms with Crippen molar-refractivity contribution in [3.05, 3.63) is 76.9 Å². The molecule has 0 saturated heterocycles. The van der Waals surface area contributed by atoms with Crippen molar-refractivity contribution in [2.45, 2.75) is 6.92 Å². The SMILES string of the molecule is Cc1cccc(Cl)c1C(=O)Nc1cnc2nc(-c3ccccc3)[nH]c2c1. The molecule has 0 fully saturated rings. The Labute approximate surface area is 155 Å². The van der Waals surface area contributed by atoms with Crippen LogP contribution in [0.1, 0.15) is 15.9 Å². The summed E-state index contributed by atoms with van der Waals surface area (Å²) in [6, 6.07) is 17.0. The summed E-state index contributed by atoms with van der Waals surface area (Å²) in [4.78, 5) is 24.6. The standard InChI is InChI=1S/C20H15ClN4O/c1-12-6-5-9-15(21)17(12)20(26)23-14-10-16-19(22-11-14)25-18(24-16)13-7-3-2-4-8-13/h2-11H,1H3,(H,23,26)(H,22,24,25). The molecule has 4 aromatic rings. The van der Waals surface area contributed by atoms with Gasteiger partial charge >= 0.3 is 0 Å². The van der Waals surface area contributed by atoms with E-state index < -0.39 is 0 Å². The summed E-state index contributed by atoms with van der Waals surface area (Å²) in [6.45, 7) is 1.85. The van der Waals surface area contributed by atoms with Crippen LogP contribution in [0.5, 0.6) is 0 Å². The van der Waals surface area contributed by atoms with E-state index in [1.807, 2.05) is 55.5 Å². The van der Waals surface area contributed by atoms with Crippen LogP contribution >= 0.6 is 11.6 Å². The van der Waals surface area contributed by atoms with Gasteiger partial charge in [0.1, 0.15) is 5.82 Å². The second-order valence-electron chi connectivity index (χ2n) is 5.93. The number of imidazole rings is 1. The van der Waals surface area contributed by atoms with Gasteiger partial charge in [0.2, 0.25) is 0 Å². The van der Waals surface area contributed by atoms with Gasteiger partial charge < -0.3 is 10.3 Å². The molecule has 128 valence electrons. The Hall–Kier alpha value is -3.18. The highest BCUT2D eigenvalue weighted by atomic mass is 35.5. The number of anilines is 1. The molecule has 5 nitrogen and oxygen atoms in total. The van der Waals surface area contributed by atoms with Crippen molar-refractivity contribution in [2.75, 3.05) is 5.32 Å². The molecule has 6 heteroatoms. The molecule has 2 N–H and O–H groups in total. The van der Waals surface area contributed by atoms with Gasteiger partial charge in [-0.25, -0.2) is 9.97 Å². The second-order valence-corrected chi connectivity index (χ2v) is 6.34. The molecule has 0 radical (unpaired) electrons. The van der Waals surface area contributed by atoms with Gasteiger partial charge in [-0.3, -0.25) is 4.79 Å². The summed E-state index contributed by atoms with van der Waals surface area (Å²) in [7, 11) is 0. The van der Waals surface area contributed by atoms with Crippen LogP contribution in [0.3, 0.4) is 0 Å². The van der Waals surface area contributed by atoms with Crippen molar-refractivity contribution in [3.8, 4) is 11.4 Å². The minimum absolute atomic E-state index is 0.267. The number of rotatable bonds is 3. The Morgan fingerprint density at radius 2 is 1.92 bits per heavy atom. The number of nitrogens with one attached hydrogen (secondary N) is 2. The van der Waals surface area contributed by atoms with Crippen LogP contribution in [-0.4, -0.2) is 20.9 Å². The molecule has 2 aromatic heterocycles. The Kier molecular flexibility index (Phi) is 4.14. The second kappa shape index (κ2) is 6.61. The molecule has 0 aliphatic heterocycles. The molecule has 0 atom stereocenters. The van der Waals surface area contributed by atoms with Crippen molar-refractivity contribution in [1.29, 1.82) is 0 Å². The van der Waals surface area contributed by atoms with E-state index in [4.69, 9.17) is 11.6 Å². The highest BCUT2D eigenvalue weighted by Gasteiger charge is 2.14. The van der Waals surface area contributed by atoms with E-state index in [1.54, 1.807) is 12.3 Å². The zero-order chi connectivity index (χ0) is 18.1. The monoisotopic (exact) mass is 362 g/mol. The minimum atomic E-state index is -0.267. The highest BCUT2D eigenvalue weighted by molar-refractivity contribution is 6.34. The first-order valence-corrected chi connectivity index (χ1v) is 8.47. The average Bonchev–Trinajstić information content (AvgIpc) is 3.06. The van der Waals surface area contributed by atoms with E-state index in [9.17, 15) is 4.79 Å². The number of hydrogen-bond acceptors (Lipinski definition) is 3. The average molecular weight is 363 g/mol. The molecule has 0 spiro atoms. The van der Waals surface area contributed by atoms with E-state index in [-0.39, 0.29) is 5.91 Å². The number of pyridine rings is 1. The molecular weight excluding hydrogens is 348 g/mol. The molecule has 26 heavy (non-hydrogen) atoms. The topological polar surface area (TPSA) is 70.7 Å². The summed E-state index contributed by atoms with van der Waals surface area (Å²) in [6.07, 6.45) is 1.59. The first-order valence-electron chi connectivity index (χ1n) is 8.09. The number of H-pyrrole nitrogens is 1. The maximum absolute atomic E-state index is 12.6. The van der Waals surface area contributed by atoms with Crippen LogP contribution < -0.4 is 5.32 Å². The molecule has 1 amide bonds. The van der Waals surface area contributed by atoms with Crippen molar-refractivity contribution in [3.63, 3.8) is 0 Å². The lowest BCUT2D eigenvalue weighted by molar-refractivity contribution is 0.102. The molecule has 0 unspecified atom stereocenters. The Morgan fingerprint density at radius 1 is 1.12 bits per heavy atom. The Morgan fingerprint density at radius 3 is 2.69 bits per heavy atom. The van der Waals surface area contributed by atoms with Crippen LogP contribution in [-0.2, 0) is 0 Å². The maximum Gasteiger partial charge on any atom is 0.257 e. The van der Waals surface area contributed by atoms with Gasteiger partial charge in [0, 0.05) is 5.56 Å². The van der Waals surface area contributed by atoms with Crippen molar-refractivity contribution in [2.24, 2.45) is 0 Å². The smallest absolute Gasteiger partial charge is 0.257 e. The fourth-order valence-corrected chi connectivity index (χ4v) is 3.12. The Balaban J connectivity index is 1.65. The van der Waals surface area contributed by atoms with E-state index in [0.717, 1.165) is 22.5 Å². The molecule has 2 heterocycles. The number of carbonyl (C=O) groups is 1. The van der Waals surface area contributed by atoms with Crippen LogP contribution in [0.2, 0.25) is 5.02 Å². The minimum Gasteiger partial charge on any atom is -0.337 e. The number of nitrogens with zero attached hydrogens (tertiary/aromatic N) is 2. The number of aryl methyl sites for hydroxylation is 1. The number of carbonyl (C=O) groups excluding carboxylic acids is 1. The lowest BCUT2D eigenvalue weighted by atomic mass is 10.1. The molecule has 0 aliphatic carbocycles. The third-order valence-corrected chi connectivity index (χ3v) is 4.41. The fraction of sp³-hybridized carbons (Fsp3) is 0.0500. The number of aromatic amines is 1. The number of amides is 1. The van der Waals surface area contributed by atoms with Gasteiger partial charge in [0.25, 0.3) is 5.91 Å². The summed E-state index contributed by atoms with van der Waals surface area (Å²) in [5.41, 5.74) is 4.17. The van der Waals surface area contributed by atoms with Gasteiger partial charge in [-0.1, -0.05) is 54.1 Å². The Bertz CT molecular complexity index is 1090. The van der Waals surface area contributed by atoms with E-state index in [1.165, 1.54) is 0 Å². The van der Waals surface area contributed by atoms with Crippen molar-refractivity contribution >= 4 is 34.4 Å². The predicted octanol–water partition coefficient (Wildman–Crippen LogP) is 4.84. The highest BCUT2D eigenvalue weighted by Crippen LogP contribution is 2.23. The van der Waals surface area contributed by atoms with Gasteiger partial charge in [0.15, 0.2) is 5.65 Å². The third-order valence-electron chi connectivity index (χ3n) is 4.09. The van der Waals surface area contributed by atoms with Gasteiger partial charge in [-0.05, 0) is 24.6 Å².